The Kier molecular flexibility index (Phi) is 8.73. The highest BCUT2D eigenvalue weighted by Crippen LogP contribution is 2.39. The number of nitrogens with zero attached hydrogens (tertiary/aromatic N) is 4. The first-order valence-electron chi connectivity index (χ1n) is 13.1. The van der Waals surface area contributed by atoms with Gasteiger partial charge in [-0.3, -0.25) is 9.69 Å². The van der Waals surface area contributed by atoms with Crippen molar-refractivity contribution >= 4 is 11.9 Å². The average Bonchev–Trinajstić information content (AvgIpc) is 3.49. The molecule has 0 saturated carbocycles. The number of unbranched alkanes of at least 4 members (excludes halogenated alkanes) is 1. The van der Waals surface area contributed by atoms with E-state index in [4.69, 9.17) is 15.2 Å². The minimum atomic E-state index is 0.109. The topological polar surface area (TPSA) is 91.6 Å². The molecule has 9 nitrogen and oxygen atoms in total. The molecule has 3 aliphatic heterocycles. The molecule has 3 heterocycles. The summed E-state index contributed by atoms with van der Waals surface area (Å²) >= 11 is 0. The maximum atomic E-state index is 13.3. The van der Waals surface area contributed by atoms with Crippen LogP contribution in [0.25, 0.3) is 0 Å². The lowest BCUT2D eigenvalue weighted by Crippen LogP contribution is -2.49. The first kappa shape index (κ1) is 25.6. The Balaban J connectivity index is 1.45. The summed E-state index contributed by atoms with van der Waals surface area (Å²) in [6.45, 7) is 7.77. The van der Waals surface area contributed by atoms with Crippen LogP contribution in [0.2, 0.25) is 0 Å². The second-order valence-electron chi connectivity index (χ2n) is 9.99. The summed E-state index contributed by atoms with van der Waals surface area (Å²) in [5.74, 6) is 2.04. The van der Waals surface area contributed by atoms with Crippen LogP contribution >= 0.6 is 0 Å². The van der Waals surface area contributed by atoms with Crippen LogP contribution < -0.4 is 15.2 Å². The molecule has 0 spiro atoms. The maximum absolute atomic E-state index is 13.3. The van der Waals surface area contributed by atoms with Gasteiger partial charge < -0.3 is 29.9 Å². The standard InChI is InChI=1S/C26H41N5O4/c1-3-4-11-29(14-9-27)25(32)18-31-17-21(20-6-7-23-24(16-20)35-19-34-23)15-22(31)8-13-30-12-5-10-28(2)26(30)33/h6-7,16,21-22H,3-5,8-15,17-19,27H2,1-2H3/t21?,22-/m0/s1. The van der Waals surface area contributed by atoms with Gasteiger partial charge in [0.2, 0.25) is 12.7 Å². The van der Waals surface area contributed by atoms with Gasteiger partial charge in [0.05, 0.1) is 6.54 Å². The molecule has 2 saturated heterocycles. The quantitative estimate of drug-likeness (QED) is 0.515. The number of fused-ring (bicyclic) bond motifs is 1. The molecule has 35 heavy (non-hydrogen) atoms. The van der Waals surface area contributed by atoms with Crippen LogP contribution in [0.15, 0.2) is 18.2 Å². The third-order valence-electron chi connectivity index (χ3n) is 7.52. The van der Waals surface area contributed by atoms with Crippen molar-refractivity contribution in [1.82, 2.24) is 19.6 Å². The number of likely N-dealkylation sites (tertiary alicyclic amines) is 1. The van der Waals surface area contributed by atoms with Crippen molar-refractivity contribution in [3.05, 3.63) is 23.8 Å². The van der Waals surface area contributed by atoms with E-state index in [1.807, 2.05) is 22.9 Å². The van der Waals surface area contributed by atoms with Gasteiger partial charge in [0.25, 0.3) is 0 Å². The van der Waals surface area contributed by atoms with E-state index >= 15 is 0 Å². The maximum Gasteiger partial charge on any atom is 0.319 e. The molecule has 2 atom stereocenters. The Morgan fingerprint density at radius 2 is 2.03 bits per heavy atom. The van der Waals surface area contributed by atoms with E-state index in [0.29, 0.717) is 25.6 Å². The minimum Gasteiger partial charge on any atom is -0.454 e. The van der Waals surface area contributed by atoms with Gasteiger partial charge in [-0.05, 0) is 49.3 Å². The molecule has 2 N–H and O–H groups in total. The molecule has 3 aliphatic rings. The van der Waals surface area contributed by atoms with Gasteiger partial charge in [0.1, 0.15) is 0 Å². The second-order valence-corrected chi connectivity index (χ2v) is 9.99. The van der Waals surface area contributed by atoms with Gasteiger partial charge in [-0.2, -0.15) is 0 Å². The fourth-order valence-corrected chi connectivity index (χ4v) is 5.47. The summed E-state index contributed by atoms with van der Waals surface area (Å²) in [7, 11) is 1.87. The monoisotopic (exact) mass is 487 g/mol. The molecule has 0 radical (unpaired) electrons. The Bertz CT molecular complexity index is 881. The van der Waals surface area contributed by atoms with Crippen LogP contribution in [0.5, 0.6) is 11.5 Å². The van der Waals surface area contributed by atoms with Crippen molar-refractivity contribution in [2.45, 2.75) is 51.0 Å². The van der Waals surface area contributed by atoms with E-state index in [-0.39, 0.29) is 24.8 Å². The smallest absolute Gasteiger partial charge is 0.319 e. The van der Waals surface area contributed by atoms with E-state index in [2.05, 4.69) is 24.0 Å². The highest BCUT2D eigenvalue weighted by Gasteiger charge is 2.36. The molecule has 1 unspecified atom stereocenters. The number of urea groups is 1. The lowest BCUT2D eigenvalue weighted by Gasteiger charge is -2.35. The van der Waals surface area contributed by atoms with Gasteiger partial charge in [0.15, 0.2) is 11.5 Å². The summed E-state index contributed by atoms with van der Waals surface area (Å²) in [4.78, 5) is 33.8. The molecule has 4 rings (SSSR count). The van der Waals surface area contributed by atoms with Crippen molar-refractivity contribution in [3.63, 3.8) is 0 Å². The lowest BCUT2D eigenvalue weighted by molar-refractivity contribution is -0.132. The zero-order valence-electron chi connectivity index (χ0n) is 21.3. The molecule has 0 bridgehead atoms. The number of hydrogen-bond acceptors (Lipinski definition) is 6. The molecule has 0 aliphatic carbocycles. The largest absolute Gasteiger partial charge is 0.454 e. The van der Waals surface area contributed by atoms with Crippen molar-refractivity contribution in [2.75, 3.05) is 66.2 Å². The zero-order valence-corrected chi connectivity index (χ0v) is 21.3. The summed E-state index contributed by atoms with van der Waals surface area (Å²) < 4.78 is 11.1. The van der Waals surface area contributed by atoms with Crippen LogP contribution in [-0.4, -0.2) is 104 Å². The molecule has 1 aromatic carbocycles. The van der Waals surface area contributed by atoms with E-state index in [1.165, 1.54) is 5.56 Å². The molecule has 1 aromatic rings. The van der Waals surface area contributed by atoms with Crippen molar-refractivity contribution in [2.24, 2.45) is 5.73 Å². The Hall–Kier alpha value is -2.52. The summed E-state index contributed by atoms with van der Waals surface area (Å²) in [6, 6.07) is 6.53. The summed E-state index contributed by atoms with van der Waals surface area (Å²) in [6.07, 6.45) is 4.85. The number of hydrogen-bond donors (Lipinski definition) is 1. The highest BCUT2D eigenvalue weighted by atomic mass is 16.7. The SMILES string of the molecule is CCCCN(CCN)C(=O)CN1CC(c2ccc3c(c2)OCO3)C[C@@H]1CCN1CCCN(C)C1=O. The Labute approximate surface area is 209 Å². The van der Waals surface area contributed by atoms with E-state index in [0.717, 1.165) is 76.3 Å². The first-order chi connectivity index (χ1) is 17.0. The predicted molar refractivity (Wildman–Crippen MR) is 135 cm³/mol. The number of nitrogens with two attached hydrogens (primary N) is 1. The number of carbonyl (C=O) groups excluding carboxylic acids is 2. The normalized spacial score (nSPS) is 22.2. The van der Waals surface area contributed by atoms with Gasteiger partial charge in [0, 0.05) is 58.9 Å². The Morgan fingerprint density at radius 3 is 2.83 bits per heavy atom. The lowest BCUT2D eigenvalue weighted by atomic mass is 9.95. The number of ether oxygens (including phenoxy) is 2. The average molecular weight is 488 g/mol. The molecule has 194 valence electrons. The molecule has 9 heteroatoms. The molecule has 0 aromatic heterocycles. The number of carbonyl (C=O) groups is 2. The summed E-state index contributed by atoms with van der Waals surface area (Å²) in [5.41, 5.74) is 7.02. The second kappa shape index (κ2) is 11.9. The molecule has 2 fully saturated rings. The van der Waals surface area contributed by atoms with Gasteiger partial charge in [-0.15, -0.1) is 0 Å². The third kappa shape index (κ3) is 6.19. The number of amides is 3. The number of benzene rings is 1. The molecule has 3 amide bonds. The number of rotatable bonds is 11. The Morgan fingerprint density at radius 1 is 1.20 bits per heavy atom. The molecular formula is C26H41N5O4. The minimum absolute atomic E-state index is 0.109. The molecular weight excluding hydrogens is 446 g/mol. The van der Waals surface area contributed by atoms with E-state index < -0.39 is 0 Å². The van der Waals surface area contributed by atoms with Gasteiger partial charge >= 0.3 is 6.03 Å². The highest BCUT2D eigenvalue weighted by molar-refractivity contribution is 5.78. The van der Waals surface area contributed by atoms with E-state index in [1.54, 1.807) is 4.90 Å². The van der Waals surface area contributed by atoms with Crippen molar-refractivity contribution in [1.29, 1.82) is 0 Å². The van der Waals surface area contributed by atoms with Crippen molar-refractivity contribution in [3.8, 4) is 11.5 Å². The van der Waals surface area contributed by atoms with Crippen molar-refractivity contribution < 1.29 is 19.1 Å². The fourth-order valence-electron chi connectivity index (χ4n) is 5.47. The van der Waals surface area contributed by atoms with Crippen LogP contribution in [0.4, 0.5) is 4.79 Å². The van der Waals surface area contributed by atoms with Gasteiger partial charge in [-0.25, -0.2) is 4.79 Å². The first-order valence-corrected chi connectivity index (χ1v) is 13.1. The van der Waals surface area contributed by atoms with E-state index in [9.17, 15) is 9.59 Å². The summed E-state index contributed by atoms with van der Waals surface area (Å²) in [5, 5.41) is 0. The third-order valence-corrected chi connectivity index (χ3v) is 7.52. The van der Waals surface area contributed by atoms with Crippen LogP contribution in [-0.2, 0) is 4.79 Å². The van der Waals surface area contributed by atoms with Gasteiger partial charge in [-0.1, -0.05) is 19.4 Å². The van der Waals surface area contributed by atoms with Crippen LogP contribution in [0.3, 0.4) is 0 Å². The van der Waals surface area contributed by atoms with Crippen LogP contribution in [0, 0.1) is 0 Å². The van der Waals surface area contributed by atoms with Crippen LogP contribution in [0.1, 0.15) is 50.5 Å². The zero-order chi connectivity index (χ0) is 24.8. The predicted octanol–water partition coefficient (Wildman–Crippen LogP) is 2.31. The fraction of sp³-hybridized carbons (Fsp3) is 0.692.